The molecular weight excluding hydrogens is 318 g/mol. The summed E-state index contributed by atoms with van der Waals surface area (Å²) >= 11 is 0. The van der Waals surface area contributed by atoms with Gasteiger partial charge in [0.25, 0.3) is 0 Å². The number of aromatic nitrogens is 1. The quantitative estimate of drug-likeness (QED) is 0.539. The van der Waals surface area contributed by atoms with E-state index >= 15 is 0 Å². The molecule has 0 radical (unpaired) electrons. The van der Waals surface area contributed by atoms with Gasteiger partial charge in [-0.05, 0) is 60.9 Å². The molecule has 2 aromatic carbocycles. The van der Waals surface area contributed by atoms with Crippen LogP contribution in [0.3, 0.4) is 0 Å². The van der Waals surface area contributed by atoms with Gasteiger partial charge in [-0.3, -0.25) is 4.79 Å². The second kappa shape index (κ2) is 7.11. The smallest absolute Gasteiger partial charge is 0.135 e. The third kappa shape index (κ3) is 3.09. The lowest BCUT2D eigenvalue weighted by Crippen LogP contribution is -2.20. The number of hydrogen-bond donors (Lipinski definition) is 0. The molecule has 0 spiro atoms. The van der Waals surface area contributed by atoms with Crippen LogP contribution in [0.15, 0.2) is 54.6 Å². The number of ketones is 1. The standard InChI is InChI=1S/C24H27NO.H2/c1-3-24(26)18-13-11-17(12-14-18)19-8-6-9-20(15-19)23-16-21-7-4-5-10-22(21)25(23)2;/h4-10,15-18H,3,11-14H2,1-2H3;1H. The van der Waals surface area contributed by atoms with Crippen LogP contribution in [0.25, 0.3) is 22.2 Å². The molecule has 1 aromatic heterocycles. The molecule has 1 aliphatic carbocycles. The van der Waals surface area contributed by atoms with Crippen LogP contribution in [0.2, 0.25) is 0 Å². The summed E-state index contributed by atoms with van der Waals surface area (Å²) in [7, 11) is 2.14. The highest BCUT2D eigenvalue weighted by atomic mass is 16.1. The fourth-order valence-electron chi connectivity index (χ4n) is 4.56. The second-order valence-corrected chi connectivity index (χ2v) is 7.64. The predicted octanol–water partition coefficient (Wildman–Crippen LogP) is 6.34. The van der Waals surface area contributed by atoms with Crippen molar-refractivity contribution in [3.05, 3.63) is 60.2 Å². The number of para-hydroxylation sites is 1. The second-order valence-electron chi connectivity index (χ2n) is 7.64. The van der Waals surface area contributed by atoms with E-state index in [1.165, 1.54) is 27.7 Å². The molecule has 4 rings (SSSR count). The maximum atomic E-state index is 12.0. The number of hydrogen-bond acceptors (Lipinski definition) is 1. The molecule has 1 fully saturated rings. The van der Waals surface area contributed by atoms with Crippen molar-refractivity contribution < 1.29 is 6.22 Å². The van der Waals surface area contributed by atoms with Gasteiger partial charge in [-0.15, -0.1) is 0 Å². The monoisotopic (exact) mass is 347 g/mol. The Morgan fingerprint density at radius 3 is 2.54 bits per heavy atom. The fraction of sp³-hybridized carbons (Fsp3) is 0.375. The highest BCUT2D eigenvalue weighted by Gasteiger charge is 2.26. The highest BCUT2D eigenvalue weighted by molar-refractivity contribution is 5.87. The Kier molecular flexibility index (Phi) is 4.67. The molecule has 1 saturated carbocycles. The lowest BCUT2D eigenvalue weighted by Gasteiger charge is -2.28. The van der Waals surface area contributed by atoms with Crippen LogP contribution < -0.4 is 0 Å². The van der Waals surface area contributed by atoms with Crippen molar-refractivity contribution >= 4 is 16.7 Å². The van der Waals surface area contributed by atoms with Gasteiger partial charge in [-0.25, -0.2) is 0 Å². The molecule has 1 aliphatic rings. The van der Waals surface area contributed by atoms with Crippen molar-refractivity contribution in [2.24, 2.45) is 13.0 Å². The van der Waals surface area contributed by atoms with E-state index in [9.17, 15) is 4.79 Å². The van der Waals surface area contributed by atoms with Crippen LogP contribution in [-0.2, 0) is 11.8 Å². The number of nitrogens with zero attached hydrogens (tertiary/aromatic N) is 1. The lowest BCUT2D eigenvalue weighted by atomic mass is 9.76. The molecule has 0 N–H and O–H groups in total. The average molecular weight is 348 g/mol. The molecule has 0 aliphatic heterocycles. The van der Waals surface area contributed by atoms with Gasteiger partial charge >= 0.3 is 0 Å². The van der Waals surface area contributed by atoms with E-state index < -0.39 is 0 Å². The first-order chi connectivity index (χ1) is 12.7. The van der Waals surface area contributed by atoms with Crippen molar-refractivity contribution in [2.75, 3.05) is 0 Å². The third-order valence-corrected chi connectivity index (χ3v) is 6.14. The van der Waals surface area contributed by atoms with E-state index in [1.54, 1.807) is 0 Å². The van der Waals surface area contributed by atoms with Crippen LogP contribution in [0.1, 0.15) is 51.9 Å². The van der Waals surface area contributed by atoms with Crippen LogP contribution in [0, 0.1) is 5.92 Å². The maximum absolute atomic E-state index is 12.0. The molecule has 0 amide bonds. The van der Waals surface area contributed by atoms with Crippen LogP contribution >= 0.6 is 0 Å². The summed E-state index contributed by atoms with van der Waals surface area (Å²) in [5, 5.41) is 1.29. The summed E-state index contributed by atoms with van der Waals surface area (Å²) in [4.78, 5) is 12.0. The van der Waals surface area contributed by atoms with E-state index in [2.05, 4.69) is 66.2 Å². The van der Waals surface area contributed by atoms with Crippen molar-refractivity contribution in [1.82, 2.24) is 4.57 Å². The number of carbonyl (C=O) groups is 1. The van der Waals surface area contributed by atoms with Gasteiger partial charge in [0.15, 0.2) is 0 Å². The molecular formula is C24H29NO. The number of carbonyl (C=O) groups excluding carboxylic acids is 1. The van der Waals surface area contributed by atoms with Crippen molar-refractivity contribution in [2.45, 2.75) is 44.9 Å². The van der Waals surface area contributed by atoms with Gasteiger partial charge in [0.05, 0.1) is 0 Å². The minimum atomic E-state index is 0. The van der Waals surface area contributed by atoms with E-state index in [0.717, 1.165) is 25.7 Å². The lowest BCUT2D eigenvalue weighted by molar-refractivity contribution is -0.123. The topological polar surface area (TPSA) is 22.0 Å². The Balaban J connectivity index is 0.00000210. The van der Waals surface area contributed by atoms with Crippen molar-refractivity contribution in [3.8, 4) is 11.3 Å². The Labute approximate surface area is 157 Å². The highest BCUT2D eigenvalue weighted by Crippen LogP contribution is 2.38. The third-order valence-electron chi connectivity index (χ3n) is 6.14. The first-order valence-corrected chi connectivity index (χ1v) is 9.85. The van der Waals surface area contributed by atoms with Gasteiger partial charge in [0, 0.05) is 37.4 Å². The van der Waals surface area contributed by atoms with Gasteiger partial charge < -0.3 is 4.57 Å². The molecule has 26 heavy (non-hydrogen) atoms. The predicted molar refractivity (Wildman–Crippen MR) is 110 cm³/mol. The van der Waals surface area contributed by atoms with E-state index in [0.29, 0.717) is 24.0 Å². The van der Waals surface area contributed by atoms with Crippen molar-refractivity contribution in [3.63, 3.8) is 0 Å². The largest absolute Gasteiger partial charge is 0.344 e. The van der Waals surface area contributed by atoms with E-state index in [1.807, 2.05) is 6.92 Å². The Hall–Kier alpha value is -2.35. The Morgan fingerprint density at radius 2 is 1.81 bits per heavy atom. The minimum Gasteiger partial charge on any atom is -0.344 e. The Bertz CT molecular complexity index is 934. The van der Waals surface area contributed by atoms with Crippen LogP contribution in [0.4, 0.5) is 0 Å². The van der Waals surface area contributed by atoms with E-state index in [-0.39, 0.29) is 1.43 Å². The first-order valence-electron chi connectivity index (χ1n) is 9.85. The molecule has 0 bridgehead atoms. The summed E-state index contributed by atoms with van der Waals surface area (Å²) in [6.07, 6.45) is 5.06. The van der Waals surface area contributed by atoms with E-state index in [4.69, 9.17) is 0 Å². The summed E-state index contributed by atoms with van der Waals surface area (Å²) in [5.74, 6) is 1.34. The zero-order chi connectivity index (χ0) is 18.1. The summed E-state index contributed by atoms with van der Waals surface area (Å²) in [6, 6.07) is 19.8. The number of Topliss-reactive ketones (excluding diaryl/α,β-unsaturated/α-hetero) is 1. The van der Waals surface area contributed by atoms with Crippen molar-refractivity contribution in [1.29, 1.82) is 0 Å². The summed E-state index contributed by atoms with van der Waals surface area (Å²) < 4.78 is 2.28. The number of aryl methyl sites for hydroxylation is 1. The van der Waals surface area contributed by atoms with Gasteiger partial charge in [-0.2, -0.15) is 0 Å². The minimum absolute atomic E-state index is 0. The number of rotatable bonds is 4. The molecule has 0 unspecified atom stereocenters. The zero-order valence-electron chi connectivity index (χ0n) is 15.7. The molecule has 1 heterocycles. The molecule has 2 nitrogen and oxygen atoms in total. The van der Waals surface area contributed by atoms with Crippen LogP contribution in [-0.4, -0.2) is 10.4 Å². The first kappa shape index (κ1) is 17.1. The fourth-order valence-corrected chi connectivity index (χ4v) is 4.56. The molecule has 136 valence electrons. The summed E-state index contributed by atoms with van der Waals surface area (Å²) in [6.45, 7) is 1.99. The maximum Gasteiger partial charge on any atom is 0.135 e. The molecule has 2 heteroatoms. The normalized spacial score (nSPS) is 20.4. The van der Waals surface area contributed by atoms with Gasteiger partial charge in [0.1, 0.15) is 5.78 Å². The number of fused-ring (bicyclic) bond motifs is 1. The number of benzene rings is 2. The molecule has 3 aromatic rings. The summed E-state index contributed by atoms with van der Waals surface area (Å²) in [5.41, 5.74) is 5.25. The average Bonchev–Trinajstić information content (AvgIpc) is 3.04. The van der Waals surface area contributed by atoms with Gasteiger partial charge in [-0.1, -0.05) is 43.3 Å². The SMILES string of the molecule is CCC(=O)C1CCC(c2cccc(-c3cc4ccccc4n3C)c2)CC1.[HH]. The molecule has 0 saturated heterocycles. The van der Waals surface area contributed by atoms with Gasteiger partial charge in [0.2, 0.25) is 0 Å². The Morgan fingerprint density at radius 1 is 1.04 bits per heavy atom. The van der Waals surface area contributed by atoms with Crippen LogP contribution in [0.5, 0.6) is 0 Å². The molecule has 0 atom stereocenters. The zero-order valence-corrected chi connectivity index (χ0v) is 15.7.